The first kappa shape index (κ1) is 18.2. The average Bonchev–Trinajstić information content (AvgIpc) is 2.94. The molecule has 5 heteroatoms. The van der Waals surface area contributed by atoms with Crippen molar-refractivity contribution in [3.05, 3.63) is 47.8 Å². The van der Waals surface area contributed by atoms with E-state index in [9.17, 15) is 9.90 Å². The molecule has 24 heavy (non-hydrogen) atoms. The Balaban J connectivity index is 2.04. The van der Waals surface area contributed by atoms with Crippen LogP contribution in [0.3, 0.4) is 0 Å². The summed E-state index contributed by atoms with van der Waals surface area (Å²) in [5.74, 6) is 0.728. The number of carbonyl (C=O) groups is 1. The maximum Gasteiger partial charge on any atom is 0.254 e. The van der Waals surface area contributed by atoms with E-state index in [-0.39, 0.29) is 12.5 Å². The number of nitrogens with one attached hydrogen (secondary N) is 1. The van der Waals surface area contributed by atoms with E-state index in [0.29, 0.717) is 30.4 Å². The molecule has 1 atom stereocenters. The molecule has 0 fully saturated rings. The van der Waals surface area contributed by atoms with Gasteiger partial charge in [-0.1, -0.05) is 32.0 Å². The summed E-state index contributed by atoms with van der Waals surface area (Å²) in [5, 5.41) is 16.5. The summed E-state index contributed by atoms with van der Waals surface area (Å²) in [6, 6.07) is 9.76. The molecule has 2 N–H and O–H groups in total. The third-order valence-electron chi connectivity index (χ3n) is 4.15. The third kappa shape index (κ3) is 4.68. The van der Waals surface area contributed by atoms with Crippen molar-refractivity contribution in [2.75, 3.05) is 13.2 Å². The van der Waals surface area contributed by atoms with Gasteiger partial charge in [0, 0.05) is 13.2 Å². The highest BCUT2D eigenvalue weighted by molar-refractivity contribution is 5.95. The van der Waals surface area contributed by atoms with Gasteiger partial charge in [-0.3, -0.25) is 4.79 Å². The molecule has 0 saturated heterocycles. The third-order valence-corrected chi connectivity index (χ3v) is 4.15. The lowest BCUT2D eigenvalue weighted by molar-refractivity contribution is 0.0940. The zero-order valence-corrected chi connectivity index (χ0v) is 14.7. The summed E-state index contributed by atoms with van der Waals surface area (Å²) in [6.45, 7) is 6.93. The fourth-order valence-corrected chi connectivity index (χ4v) is 2.95. The predicted octanol–water partition coefficient (Wildman–Crippen LogP) is 2.96. The Morgan fingerprint density at radius 3 is 2.62 bits per heavy atom. The molecule has 2 aromatic rings. The molecular weight excluding hydrogens is 302 g/mol. The second-order valence-corrected chi connectivity index (χ2v) is 6.61. The van der Waals surface area contributed by atoms with Crippen molar-refractivity contribution in [1.29, 1.82) is 0 Å². The number of carbonyl (C=O) groups excluding carboxylic acids is 1. The van der Waals surface area contributed by atoms with Crippen molar-refractivity contribution in [2.24, 2.45) is 11.8 Å². The number of nitrogens with zero attached hydrogens (tertiary/aromatic N) is 2. The van der Waals surface area contributed by atoms with Crippen LogP contribution < -0.4 is 5.32 Å². The monoisotopic (exact) mass is 329 g/mol. The van der Waals surface area contributed by atoms with Gasteiger partial charge in [-0.05, 0) is 43.7 Å². The molecule has 1 aromatic heterocycles. The Morgan fingerprint density at radius 2 is 2.00 bits per heavy atom. The van der Waals surface area contributed by atoms with Crippen molar-refractivity contribution in [2.45, 2.75) is 33.6 Å². The highest BCUT2D eigenvalue weighted by Crippen LogP contribution is 2.16. The Bertz CT molecular complexity index is 650. The lowest BCUT2D eigenvalue weighted by Crippen LogP contribution is -2.30. The van der Waals surface area contributed by atoms with E-state index >= 15 is 0 Å². The maximum atomic E-state index is 12.5. The number of hydrogen-bond donors (Lipinski definition) is 2. The normalized spacial score (nSPS) is 12.4. The van der Waals surface area contributed by atoms with Crippen LogP contribution in [-0.4, -0.2) is 33.9 Å². The van der Waals surface area contributed by atoms with Gasteiger partial charge in [-0.25, -0.2) is 4.68 Å². The Hall–Kier alpha value is -2.14. The molecule has 1 aromatic carbocycles. The summed E-state index contributed by atoms with van der Waals surface area (Å²) >= 11 is 0. The van der Waals surface area contributed by atoms with Crippen LogP contribution in [0.25, 0.3) is 5.69 Å². The number of aromatic nitrogens is 2. The zero-order valence-electron chi connectivity index (χ0n) is 14.7. The molecule has 5 nitrogen and oxygen atoms in total. The number of rotatable bonds is 8. The van der Waals surface area contributed by atoms with Gasteiger partial charge in [0.1, 0.15) is 0 Å². The minimum atomic E-state index is -0.110. The van der Waals surface area contributed by atoms with E-state index in [1.54, 1.807) is 10.9 Å². The van der Waals surface area contributed by atoms with Gasteiger partial charge in [0.25, 0.3) is 5.91 Å². The van der Waals surface area contributed by atoms with E-state index in [1.165, 1.54) is 0 Å². The van der Waals surface area contributed by atoms with Crippen molar-refractivity contribution in [3.8, 4) is 5.69 Å². The van der Waals surface area contributed by atoms with Crippen molar-refractivity contribution >= 4 is 5.91 Å². The van der Waals surface area contributed by atoms with Gasteiger partial charge in [0.2, 0.25) is 0 Å². The second-order valence-electron chi connectivity index (χ2n) is 6.61. The number of para-hydroxylation sites is 1. The molecule has 1 amide bonds. The molecule has 1 heterocycles. The molecule has 2 rings (SSSR count). The number of benzene rings is 1. The van der Waals surface area contributed by atoms with E-state index in [4.69, 9.17) is 0 Å². The van der Waals surface area contributed by atoms with Crippen LogP contribution in [0, 0.1) is 18.8 Å². The van der Waals surface area contributed by atoms with Crippen LogP contribution in [0.5, 0.6) is 0 Å². The molecule has 0 aliphatic carbocycles. The molecule has 0 spiro atoms. The molecule has 0 saturated carbocycles. The van der Waals surface area contributed by atoms with Crippen LogP contribution in [0.15, 0.2) is 36.5 Å². The Labute approximate surface area is 143 Å². The molecule has 1 unspecified atom stereocenters. The van der Waals surface area contributed by atoms with Crippen LogP contribution in [0.2, 0.25) is 0 Å². The highest BCUT2D eigenvalue weighted by Gasteiger charge is 2.17. The van der Waals surface area contributed by atoms with E-state index in [2.05, 4.69) is 24.3 Å². The summed E-state index contributed by atoms with van der Waals surface area (Å²) in [4.78, 5) is 12.5. The number of aliphatic hydroxyl groups is 1. The molecular formula is C19H27N3O2. The highest BCUT2D eigenvalue weighted by atomic mass is 16.3. The quantitative estimate of drug-likeness (QED) is 0.782. The average molecular weight is 329 g/mol. The van der Waals surface area contributed by atoms with Crippen LogP contribution in [0.4, 0.5) is 0 Å². The van der Waals surface area contributed by atoms with E-state index in [1.807, 2.05) is 37.3 Å². The van der Waals surface area contributed by atoms with Crippen LogP contribution in [-0.2, 0) is 0 Å². The largest absolute Gasteiger partial charge is 0.396 e. The van der Waals surface area contributed by atoms with Crippen LogP contribution >= 0.6 is 0 Å². The van der Waals surface area contributed by atoms with Gasteiger partial charge in [-0.2, -0.15) is 5.10 Å². The molecule has 0 aliphatic rings. The standard InChI is InChI=1S/C19H27N3O2/c1-14(2)11-16(9-10-23)12-20-19(24)18-13-21-22(15(18)3)17-7-5-4-6-8-17/h4-8,13-14,16,23H,9-12H2,1-3H3,(H,20,24). The van der Waals surface area contributed by atoms with Gasteiger partial charge in [-0.15, -0.1) is 0 Å². The van der Waals surface area contributed by atoms with Gasteiger partial charge < -0.3 is 10.4 Å². The molecule has 0 bridgehead atoms. The lowest BCUT2D eigenvalue weighted by Gasteiger charge is -2.18. The zero-order chi connectivity index (χ0) is 17.5. The SMILES string of the molecule is Cc1c(C(=O)NCC(CCO)CC(C)C)cnn1-c1ccccc1. The predicted molar refractivity (Wildman–Crippen MR) is 95.3 cm³/mol. The van der Waals surface area contributed by atoms with E-state index < -0.39 is 0 Å². The Morgan fingerprint density at radius 1 is 1.29 bits per heavy atom. The Kier molecular flexibility index (Phi) is 6.55. The summed E-state index contributed by atoms with van der Waals surface area (Å²) < 4.78 is 1.77. The minimum absolute atomic E-state index is 0.110. The fraction of sp³-hybridized carbons (Fsp3) is 0.474. The topological polar surface area (TPSA) is 67.2 Å². The molecule has 0 aliphatic heterocycles. The van der Waals surface area contributed by atoms with Crippen molar-refractivity contribution in [1.82, 2.24) is 15.1 Å². The first-order chi connectivity index (χ1) is 11.5. The smallest absolute Gasteiger partial charge is 0.254 e. The second kappa shape index (κ2) is 8.64. The molecule has 0 radical (unpaired) electrons. The first-order valence-electron chi connectivity index (χ1n) is 8.52. The van der Waals surface area contributed by atoms with Crippen molar-refractivity contribution in [3.63, 3.8) is 0 Å². The molecule has 130 valence electrons. The number of hydrogen-bond acceptors (Lipinski definition) is 3. The summed E-state index contributed by atoms with van der Waals surface area (Å²) in [6.07, 6.45) is 3.31. The number of amides is 1. The van der Waals surface area contributed by atoms with E-state index in [0.717, 1.165) is 17.8 Å². The first-order valence-corrected chi connectivity index (χ1v) is 8.52. The van der Waals surface area contributed by atoms with Gasteiger partial charge in [0.15, 0.2) is 0 Å². The van der Waals surface area contributed by atoms with Gasteiger partial charge in [0.05, 0.1) is 23.1 Å². The lowest BCUT2D eigenvalue weighted by atomic mass is 9.94. The summed E-state index contributed by atoms with van der Waals surface area (Å²) in [5.41, 5.74) is 2.35. The van der Waals surface area contributed by atoms with Gasteiger partial charge >= 0.3 is 0 Å². The summed E-state index contributed by atoms with van der Waals surface area (Å²) in [7, 11) is 0. The maximum absolute atomic E-state index is 12.5. The fourth-order valence-electron chi connectivity index (χ4n) is 2.95. The number of aliphatic hydroxyl groups excluding tert-OH is 1. The minimum Gasteiger partial charge on any atom is -0.396 e. The van der Waals surface area contributed by atoms with Crippen molar-refractivity contribution < 1.29 is 9.90 Å². The van der Waals surface area contributed by atoms with Crippen LogP contribution in [0.1, 0.15) is 42.7 Å².